The third-order valence-corrected chi connectivity index (χ3v) is 3.49. The standard InChI is InChI=1S/C15H23N3O2.C2H4O2/c1-11-3-4-12(2)14(9-11)20-8-6-17-15(19)18-7-5-13(16)10-18;1-2(3)4/h3-4,9,13H,5-8,10,16H2,1-2H3,(H,17,19);1H3,(H,3,4). The van der Waals surface area contributed by atoms with E-state index in [1.54, 1.807) is 4.90 Å². The van der Waals surface area contributed by atoms with Crippen molar-refractivity contribution in [1.82, 2.24) is 10.2 Å². The molecule has 0 radical (unpaired) electrons. The SMILES string of the molecule is CC(=O)O.Cc1ccc(C)c(OCCNC(=O)N2CCC(N)C2)c1. The van der Waals surface area contributed by atoms with Crippen molar-refractivity contribution in [2.24, 2.45) is 5.73 Å². The number of benzene rings is 1. The molecule has 1 unspecified atom stereocenters. The molecule has 7 heteroatoms. The van der Waals surface area contributed by atoms with Crippen LogP contribution < -0.4 is 15.8 Å². The molecule has 1 aromatic rings. The highest BCUT2D eigenvalue weighted by molar-refractivity contribution is 5.74. The first kappa shape index (κ1) is 19.8. The van der Waals surface area contributed by atoms with Crippen LogP contribution in [0.2, 0.25) is 0 Å². The number of carboxylic acids is 1. The number of carboxylic acid groups (broad SMARTS) is 1. The van der Waals surface area contributed by atoms with Crippen LogP contribution in [0.15, 0.2) is 18.2 Å². The summed E-state index contributed by atoms with van der Waals surface area (Å²) in [5, 5.41) is 10.3. The zero-order chi connectivity index (χ0) is 18.1. The summed E-state index contributed by atoms with van der Waals surface area (Å²) in [5.74, 6) is 0.0439. The van der Waals surface area contributed by atoms with Gasteiger partial charge in [-0.15, -0.1) is 0 Å². The number of hydrogen-bond donors (Lipinski definition) is 3. The van der Waals surface area contributed by atoms with Crippen molar-refractivity contribution in [1.29, 1.82) is 0 Å². The number of ether oxygens (including phenoxy) is 1. The summed E-state index contributed by atoms with van der Waals surface area (Å²) in [5.41, 5.74) is 8.05. The number of aryl methyl sites for hydroxylation is 2. The lowest BCUT2D eigenvalue weighted by Crippen LogP contribution is -2.41. The average molecular weight is 337 g/mol. The van der Waals surface area contributed by atoms with Gasteiger partial charge in [0, 0.05) is 26.1 Å². The van der Waals surface area contributed by atoms with Gasteiger partial charge in [0.25, 0.3) is 5.97 Å². The van der Waals surface area contributed by atoms with Crippen molar-refractivity contribution < 1.29 is 19.4 Å². The van der Waals surface area contributed by atoms with E-state index in [-0.39, 0.29) is 12.1 Å². The van der Waals surface area contributed by atoms with Gasteiger partial charge in [0.15, 0.2) is 0 Å². The van der Waals surface area contributed by atoms with Crippen LogP contribution in [0.4, 0.5) is 4.79 Å². The second-order valence-electron chi connectivity index (χ2n) is 5.86. The molecule has 1 fully saturated rings. The Kier molecular flexibility index (Phi) is 8.05. The van der Waals surface area contributed by atoms with E-state index in [0.29, 0.717) is 19.7 Å². The smallest absolute Gasteiger partial charge is 0.317 e. The van der Waals surface area contributed by atoms with Gasteiger partial charge >= 0.3 is 6.03 Å². The topological polar surface area (TPSA) is 105 Å². The molecule has 134 valence electrons. The molecule has 0 aromatic heterocycles. The molecule has 1 aromatic carbocycles. The predicted octanol–water partition coefficient (Wildman–Crippen LogP) is 1.52. The van der Waals surface area contributed by atoms with Gasteiger partial charge in [-0.3, -0.25) is 4.79 Å². The molecule has 0 saturated carbocycles. The average Bonchev–Trinajstić information content (AvgIpc) is 2.93. The molecule has 4 N–H and O–H groups in total. The Morgan fingerprint density at radius 3 is 2.67 bits per heavy atom. The second kappa shape index (κ2) is 9.77. The molecule has 2 amide bonds. The number of aliphatic carboxylic acids is 1. The lowest BCUT2D eigenvalue weighted by atomic mass is 10.1. The molecule has 0 aliphatic carbocycles. The number of amides is 2. The summed E-state index contributed by atoms with van der Waals surface area (Å²) in [4.78, 5) is 22.6. The lowest BCUT2D eigenvalue weighted by Gasteiger charge is -2.17. The van der Waals surface area contributed by atoms with Crippen LogP contribution in [0.5, 0.6) is 5.75 Å². The molecule has 7 nitrogen and oxygen atoms in total. The van der Waals surface area contributed by atoms with Gasteiger partial charge in [-0.2, -0.15) is 0 Å². The van der Waals surface area contributed by atoms with E-state index in [2.05, 4.69) is 11.4 Å². The summed E-state index contributed by atoms with van der Waals surface area (Å²) >= 11 is 0. The number of nitrogens with two attached hydrogens (primary N) is 1. The number of urea groups is 1. The number of hydrogen-bond acceptors (Lipinski definition) is 4. The van der Waals surface area contributed by atoms with Gasteiger partial charge in [0.1, 0.15) is 12.4 Å². The molecule has 1 heterocycles. The maximum atomic E-state index is 11.8. The van der Waals surface area contributed by atoms with Crippen LogP contribution in [-0.4, -0.2) is 54.3 Å². The Morgan fingerprint density at radius 1 is 1.42 bits per heavy atom. The molecular formula is C17H27N3O4. The molecule has 1 atom stereocenters. The van der Waals surface area contributed by atoms with E-state index >= 15 is 0 Å². The maximum absolute atomic E-state index is 11.8. The Bertz CT molecular complexity index is 559. The van der Waals surface area contributed by atoms with E-state index < -0.39 is 5.97 Å². The summed E-state index contributed by atoms with van der Waals surface area (Å²) in [6, 6.07) is 6.17. The molecule has 1 aliphatic rings. The minimum Gasteiger partial charge on any atom is -0.491 e. The summed E-state index contributed by atoms with van der Waals surface area (Å²) in [6.45, 7) is 7.48. The van der Waals surface area contributed by atoms with Crippen LogP contribution >= 0.6 is 0 Å². The molecule has 1 aliphatic heterocycles. The molecule has 24 heavy (non-hydrogen) atoms. The fraction of sp³-hybridized carbons (Fsp3) is 0.529. The van der Waals surface area contributed by atoms with Gasteiger partial charge in [0.05, 0.1) is 6.54 Å². The van der Waals surface area contributed by atoms with E-state index in [4.69, 9.17) is 20.4 Å². The lowest BCUT2D eigenvalue weighted by molar-refractivity contribution is -0.134. The number of nitrogens with zero attached hydrogens (tertiary/aromatic N) is 1. The van der Waals surface area contributed by atoms with Crippen molar-refractivity contribution in [2.45, 2.75) is 33.2 Å². The highest BCUT2D eigenvalue weighted by atomic mass is 16.5. The molecule has 2 rings (SSSR count). The number of carbonyl (C=O) groups is 2. The van der Waals surface area contributed by atoms with E-state index in [9.17, 15) is 4.79 Å². The van der Waals surface area contributed by atoms with Crippen LogP contribution in [0.3, 0.4) is 0 Å². The minimum absolute atomic E-state index is 0.0532. The third kappa shape index (κ3) is 7.32. The van der Waals surface area contributed by atoms with Crippen molar-refractivity contribution in [3.05, 3.63) is 29.3 Å². The highest BCUT2D eigenvalue weighted by Crippen LogP contribution is 2.18. The number of rotatable bonds is 4. The summed E-state index contributed by atoms with van der Waals surface area (Å²) in [7, 11) is 0. The van der Waals surface area contributed by atoms with E-state index in [1.807, 2.05) is 26.0 Å². The molecular weight excluding hydrogens is 310 g/mol. The Hall–Kier alpha value is -2.28. The van der Waals surface area contributed by atoms with Crippen molar-refractivity contribution >= 4 is 12.0 Å². The van der Waals surface area contributed by atoms with Crippen molar-refractivity contribution in [3.8, 4) is 5.75 Å². The van der Waals surface area contributed by atoms with E-state index in [0.717, 1.165) is 31.2 Å². The number of likely N-dealkylation sites (tertiary alicyclic amines) is 1. The van der Waals surface area contributed by atoms with Gasteiger partial charge in [0.2, 0.25) is 0 Å². The first-order chi connectivity index (χ1) is 11.3. The summed E-state index contributed by atoms with van der Waals surface area (Å²) < 4.78 is 5.69. The fourth-order valence-corrected chi connectivity index (χ4v) is 2.27. The third-order valence-electron chi connectivity index (χ3n) is 3.49. The Labute approximate surface area is 142 Å². The fourth-order valence-electron chi connectivity index (χ4n) is 2.27. The van der Waals surface area contributed by atoms with Crippen molar-refractivity contribution in [2.75, 3.05) is 26.2 Å². The summed E-state index contributed by atoms with van der Waals surface area (Å²) in [6.07, 6.45) is 0.881. The van der Waals surface area contributed by atoms with Gasteiger partial charge < -0.3 is 25.8 Å². The number of nitrogens with one attached hydrogen (secondary N) is 1. The molecule has 0 bridgehead atoms. The Balaban J connectivity index is 0.000000648. The monoisotopic (exact) mass is 337 g/mol. The van der Waals surface area contributed by atoms with Gasteiger partial charge in [-0.25, -0.2) is 4.79 Å². The van der Waals surface area contributed by atoms with Crippen LogP contribution in [0.25, 0.3) is 0 Å². The zero-order valence-corrected chi connectivity index (χ0v) is 14.5. The van der Waals surface area contributed by atoms with Crippen LogP contribution in [-0.2, 0) is 4.79 Å². The largest absolute Gasteiger partial charge is 0.491 e. The zero-order valence-electron chi connectivity index (χ0n) is 14.5. The van der Waals surface area contributed by atoms with E-state index in [1.165, 1.54) is 5.56 Å². The molecule has 1 saturated heterocycles. The maximum Gasteiger partial charge on any atom is 0.317 e. The minimum atomic E-state index is -0.833. The predicted molar refractivity (Wildman–Crippen MR) is 92.3 cm³/mol. The Morgan fingerprint density at radius 2 is 2.08 bits per heavy atom. The molecule has 0 spiro atoms. The highest BCUT2D eigenvalue weighted by Gasteiger charge is 2.22. The quantitative estimate of drug-likeness (QED) is 0.723. The number of carbonyl (C=O) groups excluding carboxylic acids is 1. The van der Waals surface area contributed by atoms with Gasteiger partial charge in [-0.1, -0.05) is 12.1 Å². The second-order valence-corrected chi connectivity index (χ2v) is 5.86. The van der Waals surface area contributed by atoms with Crippen LogP contribution in [0.1, 0.15) is 24.5 Å². The van der Waals surface area contributed by atoms with Gasteiger partial charge in [-0.05, 0) is 37.5 Å². The van der Waals surface area contributed by atoms with Crippen LogP contribution in [0, 0.1) is 13.8 Å². The van der Waals surface area contributed by atoms with Crippen molar-refractivity contribution in [3.63, 3.8) is 0 Å². The normalized spacial score (nSPS) is 16.2. The first-order valence-corrected chi connectivity index (χ1v) is 7.97. The first-order valence-electron chi connectivity index (χ1n) is 7.97.